The Hall–Kier alpha value is -1.88. The number of carbonyl (C=O) groups is 1. The minimum Gasteiger partial charge on any atom is -0.431 e. The van der Waals surface area contributed by atoms with E-state index in [-0.39, 0.29) is 5.91 Å². The van der Waals surface area contributed by atoms with Gasteiger partial charge < -0.3 is 9.64 Å². The number of nitrogens with zero attached hydrogens (tertiary/aromatic N) is 2. The summed E-state index contributed by atoms with van der Waals surface area (Å²) in [5.74, 6) is 0.654. The molecule has 5 heteroatoms. The van der Waals surface area contributed by atoms with Crippen LogP contribution in [0.1, 0.15) is 10.4 Å². The molecule has 88 valence electrons. The second kappa shape index (κ2) is 4.97. The standard InChI is InChI=1S/C12H12N2O2S/c1-14(2)11(15)9-3-5-10(6-4-9)16-12-13-7-8-17-12/h3-8H,1-2H3. The highest BCUT2D eigenvalue weighted by atomic mass is 32.1. The first kappa shape index (κ1) is 11.6. The predicted octanol–water partition coefficient (Wildman–Crippen LogP) is 2.64. The van der Waals surface area contributed by atoms with Gasteiger partial charge in [0.25, 0.3) is 11.1 Å². The normalized spacial score (nSPS) is 10.0. The summed E-state index contributed by atoms with van der Waals surface area (Å²) in [7, 11) is 3.45. The number of amides is 1. The number of rotatable bonds is 3. The number of hydrogen-bond acceptors (Lipinski definition) is 4. The summed E-state index contributed by atoms with van der Waals surface area (Å²) < 4.78 is 5.50. The first-order valence-electron chi connectivity index (χ1n) is 5.06. The molecule has 0 saturated carbocycles. The number of benzene rings is 1. The van der Waals surface area contributed by atoms with Crippen molar-refractivity contribution in [2.75, 3.05) is 14.1 Å². The molecule has 2 rings (SSSR count). The predicted molar refractivity (Wildman–Crippen MR) is 66.6 cm³/mol. The smallest absolute Gasteiger partial charge is 0.278 e. The molecule has 0 fully saturated rings. The minimum atomic E-state index is -0.0224. The lowest BCUT2D eigenvalue weighted by atomic mass is 10.2. The molecule has 1 aromatic carbocycles. The van der Waals surface area contributed by atoms with Gasteiger partial charge in [-0.15, -0.1) is 0 Å². The van der Waals surface area contributed by atoms with Crippen molar-refractivity contribution in [3.63, 3.8) is 0 Å². The van der Waals surface area contributed by atoms with Gasteiger partial charge in [0, 0.05) is 31.2 Å². The van der Waals surface area contributed by atoms with Crippen LogP contribution in [0.5, 0.6) is 10.9 Å². The molecule has 0 bridgehead atoms. The van der Waals surface area contributed by atoms with E-state index in [1.54, 1.807) is 44.6 Å². The molecule has 0 saturated heterocycles. The Kier molecular flexibility index (Phi) is 3.39. The van der Waals surface area contributed by atoms with Crippen molar-refractivity contribution in [1.29, 1.82) is 0 Å². The van der Waals surface area contributed by atoms with E-state index in [0.717, 1.165) is 0 Å². The summed E-state index contributed by atoms with van der Waals surface area (Å²) in [4.78, 5) is 17.2. The van der Waals surface area contributed by atoms with E-state index in [2.05, 4.69) is 4.98 Å². The van der Waals surface area contributed by atoms with Crippen LogP contribution in [0, 0.1) is 0 Å². The molecular formula is C12H12N2O2S. The number of ether oxygens (including phenoxy) is 1. The molecular weight excluding hydrogens is 236 g/mol. The molecule has 17 heavy (non-hydrogen) atoms. The van der Waals surface area contributed by atoms with Crippen LogP contribution in [0.15, 0.2) is 35.8 Å². The van der Waals surface area contributed by atoms with Crippen molar-refractivity contribution in [3.8, 4) is 10.9 Å². The fourth-order valence-corrected chi connectivity index (χ4v) is 1.79. The van der Waals surface area contributed by atoms with E-state index in [1.165, 1.54) is 16.2 Å². The topological polar surface area (TPSA) is 42.4 Å². The molecule has 0 unspecified atom stereocenters. The van der Waals surface area contributed by atoms with Crippen molar-refractivity contribution < 1.29 is 9.53 Å². The minimum absolute atomic E-state index is 0.0224. The maximum absolute atomic E-state index is 11.6. The molecule has 0 aliphatic heterocycles. The lowest BCUT2D eigenvalue weighted by Gasteiger charge is -2.10. The SMILES string of the molecule is CN(C)C(=O)c1ccc(Oc2nccs2)cc1. The Morgan fingerprint density at radius 3 is 2.53 bits per heavy atom. The molecule has 0 N–H and O–H groups in total. The summed E-state index contributed by atoms with van der Waals surface area (Å²) in [6, 6.07) is 7.01. The zero-order valence-corrected chi connectivity index (χ0v) is 10.4. The number of aromatic nitrogens is 1. The van der Waals surface area contributed by atoms with Gasteiger partial charge in [0.05, 0.1) is 0 Å². The summed E-state index contributed by atoms with van der Waals surface area (Å²) >= 11 is 1.42. The quantitative estimate of drug-likeness (QED) is 0.838. The van der Waals surface area contributed by atoms with Crippen LogP contribution in [-0.4, -0.2) is 29.9 Å². The summed E-state index contributed by atoms with van der Waals surface area (Å²) in [5.41, 5.74) is 0.640. The Morgan fingerprint density at radius 1 is 1.29 bits per heavy atom. The van der Waals surface area contributed by atoms with Crippen LogP contribution in [0.3, 0.4) is 0 Å². The molecule has 1 aromatic heterocycles. The van der Waals surface area contributed by atoms with E-state index in [4.69, 9.17) is 4.74 Å². The third-order valence-electron chi connectivity index (χ3n) is 2.12. The molecule has 0 aliphatic rings. The second-order valence-electron chi connectivity index (χ2n) is 3.62. The summed E-state index contributed by atoms with van der Waals surface area (Å²) in [6.07, 6.45) is 1.68. The number of carbonyl (C=O) groups excluding carboxylic acids is 1. The molecule has 0 radical (unpaired) electrons. The molecule has 4 nitrogen and oxygen atoms in total. The molecule has 1 amide bonds. The Bertz CT molecular complexity index is 492. The van der Waals surface area contributed by atoms with Crippen LogP contribution < -0.4 is 4.74 Å². The maximum atomic E-state index is 11.6. The highest BCUT2D eigenvalue weighted by Gasteiger charge is 2.07. The third-order valence-corrected chi connectivity index (χ3v) is 2.77. The van der Waals surface area contributed by atoms with Gasteiger partial charge in [0.1, 0.15) is 5.75 Å². The molecule has 0 atom stereocenters. The summed E-state index contributed by atoms with van der Waals surface area (Å²) in [5, 5.41) is 2.44. The lowest BCUT2D eigenvalue weighted by molar-refractivity contribution is 0.0827. The van der Waals surface area contributed by atoms with Gasteiger partial charge in [0.2, 0.25) is 0 Å². The zero-order valence-electron chi connectivity index (χ0n) is 9.58. The average Bonchev–Trinajstić information content (AvgIpc) is 2.82. The first-order valence-corrected chi connectivity index (χ1v) is 5.94. The van der Waals surface area contributed by atoms with E-state index < -0.39 is 0 Å². The van der Waals surface area contributed by atoms with Gasteiger partial charge >= 0.3 is 0 Å². The van der Waals surface area contributed by atoms with Gasteiger partial charge in [-0.25, -0.2) is 4.98 Å². The van der Waals surface area contributed by atoms with Crippen LogP contribution in [0.2, 0.25) is 0 Å². The van der Waals surface area contributed by atoms with Gasteiger partial charge in [-0.3, -0.25) is 4.79 Å². The highest BCUT2D eigenvalue weighted by molar-refractivity contribution is 7.11. The van der Waals surface area contributed by atoms with Crippen molar-refractivity contribution >= 4 is 17.2 Å². The van der Waals surface area contributed by atoms with E-state index >= 15 is 0 Å². The van der Waals surface area contributed by atoms with Crippen molar-refractivity contribution in [2.24, 2.45) is 0 Å². The van der Waals surface area contributed by atoms with Gasteiger partial charge in [0.15, 0.2) is 0 Å². The van der Waals surface area contributed by atoms with Crippen LogP contribution >= 0.6 is 11.3 Å². The van der Waals surface area contributed by atoms with Crippen LogP contribution in [-0.2, 0) is 0 Å². The Morgan fingerprint density at radius 2 is 2.00 bits per heavy atom. The fourth-order valence-electron chi connectivity index (χ4n) is 1.29. The second-order valence-corrected chi connectivity index (χ2v) is 4.48. The van der Waals surface area contributed by atoms with Gasteiger partial charge in [-0.2, -0.15) is 0 Å². The highest BCUT2D eigenvalue weighted by Crippen LogP contribution is 2.23. The van der Waals surface area contributed by atoms with E-state index in [9.17, 15) is 4.79 Å². The van der Waals surface area contributed by atoms with Crippen molar-refractivity contribution in [1.82, 2.24) is 9.88 Å². The molecule has 2 aromatic rings. The molecule has 0 spiro atoms. The first-order chi connectivity index (χ1) is 8.16. The van der Waals surface area contributed by atoms with Crippen molar-refractivity contribution in [3.05, 3.63) is 41.4 Å². The van der Waals surface area contributed by atoms with Gasteiger partial charge in [-0.05, 0) is 24.3 Å². The maximum Gasteiger partial charge on any atom is 0.278 e. The van der Waals surface area contributed by atoms with Crippen LogP contribution in [0.25, 0.3) is 0 Å². The van der Waals surface area contributed by atoms with Crippen molar-refractivity contribution in [2.45, 2.75) is 0 Å². The Labute approximate surface area is 103 Å². The lowest BCUT2D eigenvalue weighted by Crippen LogP contribution is -2.21. The average molecular weight is 248 g/mol. The number of hydrogen-bond donors (Lipinski definition) is 0. The zero-order chi connectivity index (χ0) is 12.3. The number of thiazole rings is 1. The summed E-state index contributed by atoms with van der Waals surface area (Å²) in [6.45, 7) is 0. The largest absolute Gasteiger partial charge is 0.431 e. The van der Waals surface area contributed by atoms with Crippen LogP contribution in [0.4, 0.5) is 0 Å². The van der Waals surface area contributed by atoms with E-state index in [1.807, 2.05) is 5.38 Å². The molecule has 1 heterocycles. The Balaban J connectivity index is 2.10. The van der Waals surface area contributed by atoms with E-state index in [0.29, 0.717) is 16.5 Å². The monoisotopic (exact) mass is 248 g/mol. The third kappa shape index (κ3) is 2.82. The van der Waals surface area contributed by atoms with Gasteiger partial charge in [-0.1, -0.05) is 11.3 Å². The molecule has 0 aliphatic carbocycles. The fraction of sp³-hybridized carbons (Fsp3) is 0.167.